The molecule has 0 bridgehead atoms. The van der Waals surface area contributed by atoms with Gasteiger partial charge in [-0.15, -0.1) is 11.3 Å². The summed E-state index contributed by atoms with van der Waals surface area (Å²) in [5.41, 5.74) is 4.50. The van der Waals surface area contributed by atoms with E-state index in [1.165, 1.54) is 11.3 Å². The van der Waals surface area contributed by atoms with Gasteiger partial charge in [0, 0.05) is 18.4 Å². The van der Waals surface area contributed by atoms with Crippen LogP contribution in [-0.4, -0.2) is 40.7 Å². The average Bonchev–Trinajstić information content (AvgIpc) is 2.97. The van der Waals surface area contributed by atoms with Crippen LogP contribution in [0.5, 0.6) is 0 Å². The molecule has 1 fully saturated rings. The molecule has 0 radical (unpaired) electrons. The number of carbonyl (C=O) groups excluding carboxylic acids is 1. The van der Waals surface area contributed by atoms with E-state index in [2.05, 4.69) is 10.3 Å². The Morgan fingerprint density at radius 3 is 2.89 bits per heavy atom. The SMILES string of the molecule is CC(N)c1nc(C(=O)NC2(C(=O)O)CCOC2)cs1. The molecule has 0 aliphatic carbocycles. The molecule has 1 saturated heterocycles. The summed E-state index contributed by atoms with van der Waals surface area (Å²) in [5.74, 6) is -1.61. The van der Waals surface area contributed by atoms with E-state index in [0.29, 0.717) is 11.6 Å². The Morgan fingerprint density at radius 1 is 1.68 bits per heavy atom. The Morgan fingerprint density at radius 2 is 2.42 bits per heavy atom. The van der Waals surface area contributed by atoms with Crippen molar-refractivity contribution >= 4 is 23.2 Å². The summed E-state index contributed by atoms with van der Waals surface area (Å²) in [4.78, 5) is 27.4. The number of amides is 1. The number of nitrogens with one attached hydrogen (secondary N) is 1. The van der Waals surface area contributed by atoms with E-state index in [4.69, 9.17) is 10.5 Å². The van der Waals surface area contributed by atoms with Gasteiger partial charge in [0.25, 0.3) is 5.91 Å². The lowest BCUT2D eigenvalue weighted by Gasteiger charge is -2.22. The number of hydrogen-bond acceptors (Lipinski definition) is 6. The van der Waals surface area contributed by atoms with Gasteiger partial charge >= 0.3 is 5.97 Å². The maximum Gasteiger partial charge on any atom is 0.331 e. The first kappa shape index (κ1) is 13.9. The summed E-state index contributed by atoms with van der Waals surface area (Å²) in [7, 11) is 0. The molecular weight excluding hydrogens is 270 g/mol. The molecule has 1 aromatic heterocycles. The number of carboxylic acid groups (broad SMARTS) is 1. The topological polar surface area (TPSA) is 115 Å². The predicted molar refractivity (Wildman–Crippen MR) is 68.0 cm³/mol. The average molecular weight is 285 g/mol. The second kappa shape index (κ2) is 5.24. The van der Waals surface area contributed by atoms with Crippen molar-refractivity contribution < 1.29 is 19.4 Å². The van der Waals surface area contributed by atoms with Gasteiger partial charge < -0.3 is 20.9 Å². The Balaban J connectivity index is 2.13. The first-order valence-corrected chi connectivity index (χ1v) is 6.67. The summed E-state index contributed by atoms with van der Waals surface area (Å²) in [6.07, 6.45) is 0.248. The van der Waals surface area contributed by atoms with Crippen molar-refractivity contribution in [3.05, 3.63) is 16.1 Å². The van der Waals surface area contributed by atoms with E-state index < -0.39 is 17.4 Å². The third kappa shape index (κ3) is 2.75. The number of hydrogen-bond donors (Lipinski definition) is 3. The van der Waals surface area contributed by atoms with Gasteiger partial charge in [-0.25, -0.2) is 9.78 Å². The highest BCUT2D eigenvalue weighted by Crippen LogP contribution is 2.21. The molecule has 0 saturated carbocycles. The van der Waals surface area contributed by atoms with Gasteiger partial charge in [0.15, 0.2) is 5.54 Å². The molecule has 104 valence electrons. The molecule has 1 amide bonds. The number of nitrogens with zero attached hydrogens (tertiary/aromatic N) is 1. The van der Waals surface area contributed by atoms with Crippen LogP contribution in [0.2, 0.25) is 0 Å². The van der Waals surface area contributed by atoms with Gasteiger partial charge in [0.2, 0.25) is 0 Å². The number of thiazole rings is 1. The molecule has 19 heavy (non-hydrogen) atoms. The molecule has 0 spiro atoms. The zero-order valence-electron chi connectivity index (χ0n) is 10.4. The molecule has 8 heteroatoms. The van der Waals surface area contributed by atoms with E-state index in [1.54, 1.807) is 12.3 Å². The number of ether oxygens (including phenoxy) is 1. The largest absolute Gasteiger partial charge is 0.479 e. The van der Waals surface area contributed by atoms with Gasteiger partial charge in [0.1, 0.15) is 10.7 Å². The molecule has 1 aromatic rings. The van der Waals surface area contributed by atoms with Crippen LogP contribution in [0.25, 0.3) is 0 Å². The van der Waals surface area contributed by atoms with Crippen molar-refractivity contribution in [1.29, 1.82) is 0 Å². The molecule has 4 N–H and O–H groups in total. The number of carboxylic acids is 1. The molecule has 2 rings (SSSR count). The zero-order valence-corrected chi connectivity index (χ0v) is 11.2. The fraction of sp³-hybridized carbons (Fsp3) is 0.545. The smallest absolute Gasteiger partial charge is 0.331 e. The number of aliphatic carboxylic acids is 1. The molecular formula is C11H15N3O4S. The normalized spacial score (nSPS) is 24.1. The minimum atomic E-state index is -1.35. The van der Waals surface area contributed by atoms with Crippen LogP contribution in [0, 0.1) is 0 Å². The van der Waals surface area contributed by atoms with Gasteiger partial charge in [0.05, 0.1) is 12.6 Å². The fourth-order valence-corrected chi connectivity index (χ4v) is 2.53. The number of aromatic nitrogens is 1. The molecule has 1 aliphatic heterocycles. The summed E-state index contributed by atoms with van der Waals surface area (Å²) in [6, 6.07) is -0.255. The van der Waals surface area contributed by atoms with Crippen molar-refractivity contribution in [3.8, 4) is 0 Å². The van der Waals surface area contributed by atoms with Gasteiger partial charge in [-0.05, 0) is 6.92 Å². The van der Waals surface area contributed by atoms with Crippen LogP contribution in [0.3, 0.4) is 0 Å². The van der Waals surface area contributed by atoms with E-state index in [9.17, 15) is 14.7 Å². The lowest BCUT2D eigenvalue weighted by Crippen LogP contribution is -2.55. The van der Waals surface area contributed by atoms with Crippen molar-refractivity contribution in [2.24, 2.45) is 5.73 Å². The Hall–Kier alpha value is -1.51. The van der Waals surface area contributed by atoms with Gasteiger partial charge in [-0.2, -0.15) is 0 Å². The summed E-state index contributed by atoms with van der Waals surface area (Å²) in [6.45, 7) is 2.05. The third-order valence-corrected chi connectivity index (χ3v) is 3.97. The van der Waals surface area contributed by atoms with Crippen molar-refractivity contribution in [2.75, 3.05) is 13.2 Å². The number of nitrogens with two attached hydrogens (primary N) is 1. The van der Waals surface area contributed by atoms with Crippen LogP contribution in [-0.2, 0) is 9.53 Å². The minimum absolute atomic E-state index is 0.0294. The van der Waals surface area contributed by atoms with Crippen LogP contribution in [0.15, 0.2) is 5.38 Å². The Kier molecular flexibility index (Phi) is 3.83. The van der Waals surface area contributed by atoms with Crippen LogP contribution in [0.1, 0.15) is 34.9 Å². The quantitative estimate of drug-likeness (QED) is 0.724. The first-order valence-electron chi connectivity index (χ1n) is 5.79. The van der Waals surface area contributed by atoms with Gasteiger partial charge in [-0.1, -0.05) is 0 Å². The van der Waals surface area contributed by atoms with Crippen molar-refractivity contribution in [1.82, 2.24) is 10.3 Å². The first-order chi connectivity index (χ1) is 8.94. The van der Waals surface area contributed by atoms with E-state index in [-0.39, 0.29) is 24.8 Å². The van der Waals surface area contributed by atoms with E-state index in [0.717, 1.165) is 0 Å². The maximum absolute atomic E-state index is 12.0. The molecule has 0 aromatic carbocycles. The molecule has 2 unspecified atom stereocenters. The van der Waals surface area contributed by atoms with Gasteiger partial charge in [-0.3, -0.25) is 4.79 Å². The van der Waals surface area contributed by atoms with Crippen LogP contribution >= 0.6 is 11.3 Å². The molecule has 2 heterocycles. The number of rotatable bonds is 4. The molecule has 2 atom stereocenters. The second-order valence-corrected chi connectivity index (χ2v) is 5.39. The predicted octanol–water partition coefficient (Wildman–Crippen LogP) is 0.136. The second-order valence-electron chi connectivity index (χ2n) is 4.50. The molecule has 7 nitrogen and oxygen atoms in total. The van der Waals surface area contributed by atoms with E-state index in [1.807, 2.05) is 0 Å². The Bertz CT molecular complexity index is 494. The summed E-state index contributed by atoms with van der Waals surface area (Å²) < 4.78 is 5.07. The zero-order chi connectivity index (χ0) is 14.0. The highest BCUT2D eigenvalue weighted by Gasteiger charge is 2.44. The lowest BCUT2D eigenvalue weighted by atomic mass is 9.99. The Labute approximate surface area is 113 Å². The van der Waals surface area contributed by atoms with Crippen molar-refractivity contribution in [2.45, 2.75) is 24.9 Å². The highest BCUT2D eigenvalue weighted by atomic mass is 32.1. The monoisotopic (exact) mass is 285 g/mol. The van der Waals surface area contributed by atoms with Crippen LogP contribution < -0.4 is 11.1 Å². The highest BCUT2D eigenvalue weighted by molar-refractivity contribution is 7.09. The fourth-order valence-electron chi connectivity index (χ4n) is 1.77. The maximum atomic E-state index is 12.0. The standard InChI is InChI=1S/C11H15N3O4S/c1-6(12)9-13-7(4-19-9)8(15)14-11(10(16)17)2-3-18-5-11/h4,6H,2-3,5,12H2,1H3,(H,14,15)(H,16,17). The van der Waals surface area contributed by atoms with Crippen molar-refractivity contribution in [3.63, 3.8) is 0 Å². The summed E-state index contributed by atoms with van der Waals surface area (Å²) >= 11 is 1.28. The summed E-state index contributed by atoms with van der Waals surface area (Å²) in [5, 5.41) is 13.9. The van der Waals surface area contributed by atoms with Crippen LogP contribution in [0.4, 0.5) is 0 Å². The molecule has 1 aliphatic rings. The number of carbonyl (C=O) groups is 2. The minimum Gasteiger partial charge on any atom is -0.479 e. The third-order valence-electron chi connectivity index (χ3n) is 2.93. The lowest BCUT2D eigenvalue weighted by molar-refractivity contribution is -0.144. The van der Waals surface area contributed by atoms with E-state index >= 15 is 0 Å².